The fourth-order valence-corrected chi connectivity index (χ4v) is 3.95. The molecule has 0 bridgehead atoms. The number of carbonyl (C=O) groups excluding carboxylic acids is 1. The van der Waals surface area contributed by atoms with Crippen LogP contribution in [0.5, 0.6) is 0 Å². The van der Waals surface area contributed by atoms with E-state index in [-0.39, 0.29) is 17.4 Å². The molecule has 1 saturated carbocycles. The summed E-state index contributed by atoms with van der Waals surface area (Å²) in [6, 6.07) is 10.3. The van der Waals surface area contributed by atoms with Crippen molar-refractivity contribution in [3.8, 4) is 0 Å². The summed E-state index contributed by atoms with van der Waals surface area (Å²) in [5.41, 5.74) is 1.59. The second-order valence-corrected chi connectivity index (χ2v) is 7.01. The molecular weight excluding hydrogens is 318 g/mol. The summed E-state index contributed by atoms with van der Waals surface area (Å²) in [6.07, 6.45) is 3.42. The van der Waals surface area contributed by atoms with Crippen molar-refractivity contribution in [2.24, 2.45) is 11.8 Å². The second-order valence-electron chi connectivity index (χ2n) is 7.01. The molecular formula is C19H21N3O3. The number of H-pyrrole nitrogens is 2. The summed E-state index contributed by atoms with van der Waals surface area (Å²) < 4.78 is 0. The average molecular weight is 339 g/mol. The van der Waals surface area contributed by atoms with Crippen molar-refractivity contribution < 1.29 is 4.79 Å². The van der Waals surface area contributed by atoms with Gasteiger partial charge in [-0.2, -0.15) is 0 Å². The Morgan fingerprint density at radius 3 is 2.64 bits per heavy atom. The van der Waals surface area contributed by atoms with E-state index in [0.29, 0.717) is 36.7 Å². The zero-order valence-corrected chi connectivity index (χ0v) is 14.0. The molecule has 130 valence electrons. The summed E-state index contributed by atoms with van der Waals surface area (Å²) in [5, 5.41) is 0. The lowest BCUT2D eigenvalue weighted by atomic mass is 9.70. The van der Waals surface area contributed by atoms with Gasteiger partial charge < -0.3 is 9.88 Å². The van der Waals surface area contributed by atoms with Gasteiger partial charge in [0, 0.05) is 23.7 Å². The van der Waals surface area contributed by atoms with Gasteiger partial charge >= 0.3 is 5.69 Å². The lowest BCUT2D eigenvalue weighted by molar-refractivity contribution is -0.142. The van der Waals surface area contributed by atoms with Gasteiger partial charge in [-0.3, -0.25) is 14.6 Å². The Morgan fingerprint density at radius 2 is 1.92 bits per heavy atom. The Morgan fingerprint density at radius 1 is 1.12 bits per heavy atom. The number of aromatic amines is 2. The summed E-state index contributed by atoms with van der Waals surface area (Å²) in [5.74, 6) is 0.587. The molecule has 1 fully saturated rings. The minimum atomic E-state index is -0.511. The van der Waals surface area contributed by atoms with E-state index in [1.54, 1.807) is 4.90 Å². The van der Waals surface area contributed by atoms with Crippen molar-refractivity contribution in [2.75, 3.05) is 6.54 Å². The average Bonchev–Trinajstić information content (AvgIpc) is 2.59. The molecule has 1 amide bonds. The molecule has 1 aliphatic carbocycles. The number of hydrogen-bond donors (Lipinski definition) is 2. The summed E-state index contributed by atoms with van der Waals surface area (Å²) in [7, 11) is 0. The Bertz CT molecular complexity index is 900. The summed E-state index contributed by atoms with van der Waals surface area (Å²) in [6.45, 7) is 0.859. The number of fused-ring (bicyclic) bond motifs is 1. The fourth-order valence-electron chi connectivity index (χ4n) is 3.95. The van der Waals surface area contributed by atoms with E-state index in [9.17, 15) is 14.4 Å². The standard InChI is InChI=1S/C19H21N3O3/c23-17-15-8-9-22(11-16(15)20-19(25)21-17)18(24)14-7-6-13(14)10-12-4-2-1-3-5-12/h1-5,13-14H,6-11H2,(H2,20,21,23,25)/t13-,14-/m1/s1. The molecule has 6 nitrogen and oxygen atoms in total. The van der Waals surface area contributed by atoms with Crippen molar-refractivity contribution in [2.45, 2.75) is 32.2 Å². The number of nitrogens with one attached hydrogen (secondary N) is 2. The molecule has 2 N–H and O–H groups in total. The number of carbonyl (C=O) groups is 1. The first-order valence-corrected chi connectivity index (χ1v) is 8.79. The van der Waals surface area contributed by atoms with E-state index in [2.05, 4.69) is 22.1 Å². The third-order valence-electron chi connectivity index (χ3n) is 5.50. The van der Waals surface area contributed by atoms with Crippen LogP contribution in [0.4, 0.5) is 0 Å². The first kappa shape index (κ1) is 15.9. The summed E-state index contributed by atoms with van der Waals surface area (Å²) in [4.78, 5) is 42.9. The predicted octanol–water partition coefficient (Wildman–Crippen LogP) is 1.22. The van der Waals surface area contributed by atoms with E-state index >= 15 is 0 Å². The number of aromatic nitrogens is 2. The van der Waals surface area contributed by atoms with Crippen LogP contribution in [0.15, 0.2) is 39.9 Å². The molecule has 1 aliphatic heterocycles. The molecule has 6 heteroatoms. The van der Waals surface area contributed by atoms with Crippen LogP contribution < -0.4 is 11.2 Å². The van der Waals surface area contributed by atoms with E-state index in [4.69, 9.17) is 0 Å². The zero-order chi connectivity index (χ0) is 17.4. The Labute approximate surface area is 144 Å². The second kappa shape index (κ2) is 6.35. The SMILES string of the molecule is O=C([C@@H]1CC[C@@H]1Cc1ccccc1)N1CCc2c([nH]c(=O)[nH]c2=O)C1. The van der Waals surface area contributed by atoms with Crippen LogP contribution in [0.1, 0.15) is 29.7 Å². The predicted molar refractivity (Wildman–Crippen MR) is 93.2 cm³/mol. The molecule has 0 saturated heterocycles. The van der Waals surface area contributed by atoms with Gasteiger partial charge in [-0.25, -0.2) is 4.79 Å². The van der Waals surface area contributed by atoms with Crippen molar-refractivity contribution >= 4 is 5.91 Å². The smallest absolute Gasteiger partial charge is 0.325 e. The Kier molecular flexibility index (Phi) is 4.03. The number of hydrogen-bond acceptors (Lipinski definition) is 3. The van der Waals surface area contributed by atoms with Crippen LogP contribution in [0.3, 0.4) is 0 Å². The van der Waals surface area contributed by atoms with Crippen molar-refractivity contribution in [1.82, 2.24) is 14.9 Å². The highest BCUT2D eigenvalue weighted by Gasteiger charge is 2.39. The van der Waals surface area contributed by atoms with Crippen LogP contribution in [0.25, 0.3) is 0 Å². The zero-order valence-electron chi connectivity index (χ0n) is 14.0. The van der Waals surface area contributed by atoms with Crippen LogP contribution in [-0.4, -0.2) is 27.3 Å². The van der Waals surface area contributed by atoms with E-state index in [1.165, 1.54) is 5.56 Å². The Hall–Kier alpha value is -2.63. The molecule has 2 heterocycles. The first-order valence-electron chi connectivity index (χ1n) is 8.79. The normalized spacial score (nSPS) is 22.2. The molecule has 2 aromatic rings. The van der Waals surface area contributed by atoms with Gasteiger partial charge in [0.2, 0.25) is 5.91 Å². The van der Waals surface area contributed by atoms with Crippen molar-refractivity contribution in [3.05, 3.63) is 68.0 Å². The van der Waals surface area contributed by atoms with Crippen LogP contribution in [-0.2, 0) is 24.2 Å². The lowest BCUT2D eigenvalue weighted by Gasteiger charge is -2.40. The van der Waals surface area contributed by atoms with Crippen LogP contribution in [0, 0.1) is 11.8 Å². The van der Waals surface area contributed by atoms with E-state index < -0.39 is 5.69 Å². The van der Waals surface area contributed by atoms with Gasteiger partial charge in [-0.15, -0.1) is 0 Å². The maximum Gasteiger partial charge on any atom is 0.325 e. The molecule has 0 spiro atoms. The Balaban J connectivity index is 1.46. The third-order valence-corrected chi connectivity index (χ3v) is 5.50. The molecule has 4 rings (SSSR count). The summed E-state index contributed by atoms with van der Waals surface area (Å²) >= 11 is 0. The van der Waals surface area contributed by atoms with Gasteiger partial charge in [0.25, 0.3) is 5.56 Å². The third kappa shape index (κ3) is 3.04. The monoisotopic (exact) mass is 339 g/mol. The van der Waals surface area contributed by atoms with Crippen molar-refractivity contribution in [3.63, 3.8) is 0 Å². The molecule has 25 heavy (non-hydrogen) atoms. The molecule has 0 unspecified atom stereocenters. The van der Waals surface area contributed by atoms with Crippen LogP contribution in [0.2, 0.25) is 0 Å². The highest BCUT2D eigenvalue weighted by atomic mass is 16.2. The van der Waals surface area contributed by atoms with Gasteiger partial charge in [-0.05, 0) is 37.2 Å². The maximum atomic E-state index is 12.9. The maximum absolute atomic E-state index is 12.9. The van der Waals surface area contributed by atoms with Gasteiger partial charge in [-0.1, -0.05) is 30.3 Å². The molecule has 1 aromatic heterocycles. The fraction of sp³-hybridized carbons (Fsp3) is 0.421. The lowest BCUT2D eigenvalue weighted by Crippen LogP contribution is -2.47. The molecule has 2 atom stereocenters. The quantitative estimate of drug-likeness (QED) is 0.881. The number of nitrogens with zero attached hydrogens (tertiary/aromatic N) is 1. The van der Waals surface area contributed by atoms with E-state index in [1.807, 2.05) is 18.2 Å². The first-order chi connectivity index (χ1) is 12.1. The van der Waals surface area contributed by atoms with Gasteiger partial charge in [0.1, 0.15) is 0 Å². The van der Waals surface area contributed by atoms with Crippen LogP contribution >= 0.6 is 0 Å². The molecule has 2 aliphatic rings. The van der Waals surface area contributed by atoms with Gasteiger partial charge in [0.05, 0.1) is 6.54 Å². The minimum absolute atomic E-state index is 0.0514. The highest BCUT2D eigenvalue weighted by molar-refractivity contribution is 5.80. The highest BCUT2D eigenvalue weighted by Crippen LogP contribution is 2.38. The minimum Gasteiger partial charge on any atom is -0.336 e. The number of rotatable bonds is 3. The molecule has 0 radical (unpaired) electrons. The number of benzene rings is 1. The van der Waals surface area contributed by atoms with Gasteiger partial charge in [0.15, 0.2) is 0 Å². The molecule has 1 aromatic carbocycles. The topological polar surface area (TPSA) is 86.0 Å². The van der Waals surface area contributed by atoms with Crippen molar-refractivity contribution in [1.29, 1.82) is 0 Å². The number of amides is 1. The van der Waals surface area contributed by atoms with E-state index in [0.717, 1.165) is 19.3 Å². The largest absolute Gasteiger partial charge is 0.336 e.